The summed E-state index contributed by atoms with van der Waals surface area (Å²) in [5.74, 6) is 1.33. The lowest BCUT2D eigenvalue weighted by molar-refractivity contribution is -0.118. The first-order valence-corrected chi connectivity index (χ1v) is 8.34. The van der Waals surface area contributed by atoms with Crippen molar-refractivity contribution in [2.75, 3.05) is 12.4 Å². The maximum atomic E-state index is 11.9. The Morgan fingerprint density at radius 2 is 1.77 bits per heavy atom. The molecule has 22 heavy (non-hydrogen) atoms. The Kier molecular flexibility index (Phi) is 6.34. The van der Waals surface area contributed by atoms with Crippen molar-refractivity contribution in [3.63, 3.8) is 0 Å². The summed E-state index contributed by atoms with van der Waals surface area (Å²) in [5.41, 5.74) is 2.29. The van der Waals surface area contributed by atoms with E-state index in [0.29, 0.717) is 18.9 Å². The van der Waals surface area contributed by atoms with Crippen LogP contribution in [0.1, 0.15) is 18.1 Å². The van der Waals surface area contributed by atoms with Gasteiger partial charge in [-0.25, -0.2) is 0 Å². The minimum Gasteiger partial charge on any atom is -0.494 e. The zero-order chi connectivity index (χ0) is 15.8. The van der Waals surface area contributed by atoms with Crippen LogP contribution in [0.2, 0.25) is 0 Å². The molecule has 0 bridgehead atoms. The molecule has 0 aliphatic rings. The van der Waals surface area contributed by atoms with Crippen LogP contribution in [-0.2, 0) is 11.3 Å². The van der Waals surface area contributed by atoms with Gasteiger partial charge in [-0.1, -0.05) is 29.8 Å². The van der Waals surface area contributed by atoms with Gasteiger partial charge in [-0.3, -0.25) is 4.79 Å². The van der Waals surface area contributed by atoms with Crippen LogP contribution in [0.5, 0.6) is 5.75 Å². The maximum absolute atomic E-state index is 11.9. The number of carbonyl (C=O) groups excluding carboxylic acids is 1. The van der Waals surface area contributed by atoms with Crippen molar-refractivity contribution in [2.24, 2.45) is 0 Å². The first-order valence-electron chi connectivity index (χ1n) is 7.35. The van der Waals surface area contributed by atoms with E-state index in [1.165, 1.54) is 5.56 Å². The minimum atomic E-state index is 0.0412. The van der Waals surface area contributed by atoms with Crippen molar-refractivity contribution in [3.8, 4) is 5.75 Å². The van der Waals surface area contributed by atoms with Gasteiger partial charge in [0.25, 0.3) is 0 Å². The molecule has 0 fully saturated rings. The summed E-state index contributed by atoms with van der Waals surface area (Å²) in [6.45, 7) is 5.21. The van der Waals surface area contributed by atoms with E-state index >= 15 is 0 Å². The summed E-state index contributed by atoms with van der Waals surface area (Å²) in [6.07, 6.45) is 0. The summed E-state index contributed by atoms with van der Waals surface area (Å²) in [4.78, 5) is 13.0. The van der Waals surface area contributed by atoms with Crippen molar-refractivity contribution in [3.05, 3.63) is 59.7 Å². The highest BCUT2D eigenvalue weighted by atomic mass is 32.2. The predicted octanol–water partition coefficient (Wildman–Crippen LogP) is 3.80. The molecular weight excluding hydrogens is 294 g/mol. The Balaban J connectivity index is 1.74. The van der Waals surface area contributed by atoms with E-state index in [1.54, 1.807) is 11.8 Å². The van der Waals surface area contributed by atoms with E-state index in [9.17, 15) is 4.79 Å². The summed E-state index contributed by atoms with van der Waals surface area (Å²) in [7, 11) is 0. The Labute approximate surface area is 136 Å². The van der Waals surface area contributed by atoms with Crippen molar-refractivity contribution < 1.29 is 9.53 Å². The molecule has 3 nitrogen and oxygen atoms in total. The van der Waals surface area contributed by atoms with E-state index in [0.717, 1.165) is 16.2 Å². The Morgan fingerprint density at radius 3 is 2.41 bits per heavy atom. The normalized spacial score (nSPS) is 10.3. The Bertz CT molecular complexity index is 593. The maximum Gasteiger partial charge on any atom is 0.230 e. The van der Waals surface area contributed by atoms with Crippen molar-refractivity contribution in [2.45, 2.75) is 25.3 Å². The number of ether oxygens (including phenoxy) is 1. The van der Waals surface area contributed by atoms with Crippen LogP contribution in [-0.4, -0.2) is 18.3 Å². The molecule has 116 valence electrons. The molecule has 0 radical (unpaired) electrons. The minimum absolute atomic E-state index is 0.0412. The predicted molar refractivity (Wildman–Crippen MR) is 91.4 cm³/mol. The fraction of sp³-hybridized carbons (Fsp3) is 0.278. The lowest BCUT2D eigenvalue weighted by Gasteiger charge is -2.07. The largest absolute Gasteiger partial charge is 0.494 e. The second kappa shape index (κ2) is 8.49. The van der Waals surface area contributed by atoms with Crippen LogP contribution in [0.4, 0.5) is 0 Å². The fourth-order valence-electron chi connectivity index (χ4n) is 1.91. The van der Waals surface area contributed by atoms with Gasteiger partial charge < -0.3 is 10.1 Å². The lowest BCUT2D eigenvalue weighted by atomic mass is 10.2. The molecule has 1 amide bonds. The monoisotopic (exact) mass is 315 g/mol. The van der Waals surface area contributed by atoms with Gasteiger partial charge >= 0.3 is 0 Å². The van der Waals surface area contributed by atoms with Gasteiger partial charge in [-0.05, 0) is 43.7 Å². The molecular formula is C18H21NO2S. The van der Waals surface area contributed by atoms with Crippen LogP contribution in [0.15, 0.2) is 53.4 Å². The molecule has 0 saturated carbocycles. The SMILES string of the molecule is CCOc1ccc(CNC(=O)CSc2ccc(C)cc2)cc1. The van der Waals surface area contributed by atoms with Crippen molar-refractivity contribution >= 4 is 17.7 Å². The van der Waals surface area contributed by atoms with Crippen LogP contribution in [0.3, 0.4) is 0 Å². The number of nitrogens with one attached hydrogen (secondary N) is 1. The molecule has 1 N–H and O–H groups in total. The van der Waals surface area contributed by atoms with Crippen LogP contribution in [0, 0.1) is 6.92 Å². The molecule has 0 unspecified atom stereocenters. The van der Waals surface area contributed by atoms with Gasteiger partial charge in [-0.15, -0.1) is 11.8 Å². The van der Waals surface area contributed by atoms with Gasteiger partial charge in [0.15, 0.2) is 0 Å². The van der Waals surface area contributed by atoms with E-state index in [2.05, 4.69) is 24.4 Å². The number of thioether (sulfide) groups is 1. The van der Waals surface area contributed by atoms with Gasteiger partial charge in [0.05, 0.1) is 12.4 Å². The quantitative estimate of drug-likeness (QED) is 0.790. The third kappa shape index (κ3) is 5.45. The van der Waals surface area contributed by atoms with E-state index in [4.69, 9.17) is 4.74 Å². The third-order valence-corrected chi connectivity index (χ3v) is 4.13. The Hall–Kier alpha value is -1.94. The second-order valence-electron chi connectivity index (χ2n) is 4.96. The second-order valence-corrected chi connectivity index (χ2v) is 6.00. The smallest absolute Gasteiger partial charge is 0.230 e. The standard InChI is InChI=1S/C18H21NO2S/c1-3-21-16-8-6-15(7-9-16)12-19-18(20)13-22-17-10-4-14(2)5-11-17/h4-11H,3,12-13H2,1-2H3,(H,19,20). The summed E-state index contributed by atoms with van der Waals surface area (Å²) in [5, 5.41) is 2.93. The number of carbonyl (C=O) groups is 1. The molecule has 2 aromatic rings. The van der Waals surface area contributed by atoms with Crippen LogP contribution >= 0.6 is 11.8 Å². The Morgan fingerprint density at radius 1 is 1.09 bits per heavy atom. The van der Waals surface area contributed by atoms with Crippen LogP contribution < -0.4 is 10.1 Å². The highest BCUT2D eigenvalue weighted by molar-refractivity contribution is 8.00. The van der Waals surface area contributed by atoms with Crippen LogP contribution in [0.25, 0.3) is 0 Å². The summed E-state index contributed by atoms with van der Waals surface area (Å²) in [6, 6.07) is 16.0. The van der Waals surface area contributed by atoms with Crippen molar-refractivity contribution in [1.82, 2.24) is 5.32 Å². The average Bonchev–Trinajstić information content (AvgIpc) is 2.54. The topological polar surface area (TPSA) is 38.3 Å². The first kappa shape index (κ1) is 16.4. The van der Waals surface area contributed by atoms with Gasteiger partial charge in [0.1, 0.15) is 5.75 Å². The molecule has 0 aliphatic carbocycles. The number of benzene rings is 2. The number of rotatable bonds is 7. The average molecular weight is 315 g/mol. The number of hydrogen-bond acceptors (Lipinski definition) is 3. The van der Waals surface area contributed by atoms with Crippen molar-refractivity contribution in [1.29, 1.82) is 0 Å². The molecule has 4 heteroatoms. The molecule has 0 saturated heterocycles. The zero-order valence-electron chi connectivity index (χ0n) is 13.0. The van der Waals surface area contributed by atoms with E-state index in [1.807, 2.05) is 43.3 Å². The number of hydrogen-bond donors (Lipinski definition) is 1. The highest BCUT2D eigenvalue weighted by Crippen LogP contribution is 2.18. The van der Waals surface area contributed by atoms with Gasteiger partial charge in [0, 0.05) is 11.4 Å². The fourth-order valence-corrected chi connectivity index (χ4v) is 2.63. The van der Waals surface area contributed by atoms with Gasteiger partial charge in [0.2, 0.25) is 5.91 Å². The molecule has 0 aromatic heterocycles. The molecule has 2 aromatic carbocycles. The summed E-state index contributed by atoms with van der Waals surface area (Å²) < 4.78 is 5.39. The molecule has 0 heterocycles. The molecule has 2 rings (SSSR count). The highest BCUT2D eigenvalue weighted by Gasteiger charge is 2.03. The van der Waals surface area contributed by atoms with E-state index in [-0.39, 0.29) is 5.91 Å². The zero-order valence-corrected chi connectivity index (χ0v) is 13.8. The lowest BCUT2D eigenvalue weighted by Crippen LogP contribution is -2.24. The summed E-state index contributed by atoms with van der Waals surface area (Å²) >= 11 is 1.55. The molecule has 0 aliphatic heterocycles. The first-order chi connectivity index (χ1) is 10.7. The third-order valence-electron chi connectivity index (χ3n) is 3.11. The number of aryl methyl sites for hydroxylation is 1. The molecule has 0 atom stereocenters. The molecule has 0 spiro atoms. The van der Waals surface area contributed by atoms with Gasteiger partial charge in [-0.2, -0.15) is 0 Å². The van der Waals surface area contributed by atoms with E-state index < -0.39 is 0 Å². The number of amides is 1.